The van der Waals surface area contributed by atoms with Gasteiger partial charge in [0.15, 0.2) is 0 Å². The van der Waals surface area contributed by atoms with Crippen molar-refractivity contribution >= 4 is 50.9 Å². The van der Waals surface area contributed by atoms with Crippen molar-refractivity contribution in [2.45, 2.75) is 24.7 Å². The Morgan fingerprint density at radius 3 is 1.60 bits per heavy atom. The first-order valence-electron chi connectivity index (χ1n) is 10.3. The van der Waals surface area contributed by atoms with Gasteiger partial charge in [0.2, 0.25) is 0 Å². The van der Waals surface area contributed by atoms with Crippen molar-refractivity contribution < 1.29 is 4.74 Å². The first kappa shape index (κ1) is 18.4. The Kier molecular flexibility index (Phi) is 3.86. The molecule has 148 valence electrons. The van der Waals surface area contributed by atoms with Crippen molar-refractivity contribution in [3.8, 4) is 11.5 Å². The molecule has 0 fully saturated rings. The van der Waals surface area contributed by atoms with Crippen LogP contribution in [0.4, 0.5) is 0 Å². The van der Waals surface area contributed by atoms with E-state index in [9.17, 15) is 0 Å². The van der Waals surface area contributed by atoms with Gasteiger partial charge in [0.1, 0.15) is 11.5 Å². The molecule has 0 atom stereocenters. The average molecular weight is 443 g/mol. The van der Waals surface area contributed by atoms with Gasteiger partial charge in [-0.2, -0.15) is 0 Å². The summed E-state index contributed by atoms with van der Waals surface area (Å²) in [6.45, 7) is 7.52. The lowest BCUT2D eigenvalue weighted by Gasteiger charge is -2.46. The number of fused-ring (bicyclic) bond motifs is 6. The first-order chi connectivity index (χ1) is 14.5. The van der Waals surface area contributed by atoms with E-state index in [0.29, 0.717) is 0 Å². The molecule has 30 heavy (non-hydrogen) atoms. The molecule has 2 aromatic heterocycles. The maximum atomic E-state index is 6.80. The fourth-order valence-corrected chi connectivity index (χ4v) is 12.3. The standard InChI is InChI=1S/C26H22OS2Si/c1-30(2,3)26(17-11-5-4-6-12-17)24-22(18-13-7-9-15-20(18)28-24)27-23-19-14-8-10-16-21(19)29-25(23)26/h4-16H,1-3H3. The molecule has 1 aliphatic rings. The fourth-order valence-electron chi connectivity index (χ4n) is 5.01. The highest BCUT2D eigenvalue weighted by Crippen LogP contribution is 2.63. The summed E-state index contributed by atoms with van der Waals surface area (Å²) in [6, 6.07) is 28.5. The van der Waals surface area contributed by atoms with Crippen LogP contribution in [0.5, 0.6) is 11.5 Å². The molecular weight excluding hydrogens is 421 g/mol. The van der Waals surface area contributed by atoms with Gasteiger partial charge in [0, 0.05) is 20.2 Å². The van der Waals surface area contributed by atoms with Gasteiger partial charge in [0.25, 0.3) is 0 Å². The predicted octanol–water partition coefficient (Wildman–Crippen LogP) is 8.43. The third kappa shape index (κ3) is 2.27. The lowest BCUT2D eigenvalue weighted by Crippen LogP contribution is -2.51. The summed E-state index contributed by atoms with van der Waals surface area (Å²) < 4.78 is 9.41. The van der Waals surface area contributed by atoms with Crippen LogP contribution in [0.25, 0.3) is 20.2 Å². The predicted molar refractivity (Wildman–Crippen MR) is 133 cm³/mol. The molecule has 3 heterocycles. The van der Waals surface area contributed by atoms with Crippen LogP contribution in [0, 0.1) is 0 Å². The summed E-state index contributed by atoms with van der Waals surface area (Å²) in [5, 5.41) is 2.33. The normalized spacial score (nSPS) is 15.0. The average Bonchev–Trinajstić information content (AvgIpc) is 3.30. The summed E-state index contributed by atoms with van der Waals surface area (Å²) >= 11 is 3.84. The highest BCUT2D eigenvalue weighted by Gasteiger charge is 2.55. The minimum absolute atomic E-state index is 0.134. The zero-order valence-electron chi connectivity index (χ0n) is 17.2. The maximum absolute atomic E-state index is 6.80. The van der Waals surface area contributed by atoms with Gasteiger partial charge in [0.05, 0.1) is 22.9 Å². The van der Waals surface area contributed by atoms with Gasteiger partial charge in [-0.05, 0) is 29.8 Å². The number of ether oxygens (including phenoxy) is 1. The van der Waals surface area contributed by atoms with Crippen molar-refractivity contribution in [2.24, 2.45) is 0 Å². The number of benzene rings is 3. The molecule has 0 unspecified atom stereocenters. The van der Waals surface area contributed by atoms with Crippen molar-refractivity contribution in [2.75, 3.05) is 0 Å². The molecule has 0 amide bonds. The second-order valence-electron chi connectivity index (χ2n) is 8.98. The van der Waals surface area contributed by atoms with Crippen LogP contribution in [0.1, 0.15) is 15.3 Å². The van der Waals surface area contributed by atoms with Crippen molar-refractivity contribution in [1.82, 2.24) is 0 Å². The van der Waals surface area contributed by atoms with Crippen LogP contribution in [0.2, 0.25) is 19.6 Å². The number of thiophene rings is 2. The van der Waals surface area contributed by atoms with Gasteiger partial charge in [-0.25, -0.2) is 0 Å². The van der Waals surface area contributed by atoms with E-state index in [1.165, 1.54) is 35.5 Å². The van der Waals surface area contributed by atoms with Crippen LogP contribution in [-0.2, 0) is 5.04 Å². The molecule has 0 N–H and O–H groups in total. The molecule has 0 radical (unpaired) electrons. The van der Waals surface area contributed by atoms with Gasteiger partial charge in [-0.15, -0.1) is 22.7 Å². The SMILES string of the molecule is C[Si](C)(C)C1(c2ccccc2)c2sc3ccccc3c2Oc2c1sc1ccccc21. The first-order valence-corrected chi connectivity index (χ1v) is 15.4. The Bertz CT molecular complexity index is 1330. The van der Waals surface area contributed by atoms with E-state index in [2.05, 4.69) is 98.5 Å². The van der Waals surface area contributed by atoms with E-state index in [1.807, 2.05) is 22.7 Å². The lowest BCUT2D eigenvalue weighted by atomic mass is 9.90. The van der Waals surface area contributed by atoms with Gasteiger partial charge < -0.3 is 4.74 Å². The monoisotopic (exact) mass is 442 g/mol. The molecule has 6 rings (SSSR count). The molecule has 0 aliphatic carbocycles. The van der Waals surface area contributed by atoms with E-state index in [0.717, 1.165) is 11.5 Å². The van der Waals surface area contributed by atoms with E-state index in [1.54, 1.807) is 0 Å². The Balaban J connectivity index is 1.84. The fraction of sp³-hybridized carbons (Fsp3) is 0.154. The van der Waals surface area contributed by atoms with Crippen LogP contribution >= 0.6 is 22.7 Å². The highest BCUT2D eigenvalue weighted by atomic mass is 32.1. The Hall–Kier alpha value is -2.40. The third-order valence-corrected chi connectivity index (χ3v) is 12.3. The second kappa shape index (κ2) is 6.30. The minimum atomic E-state index is -1.83. The molecule has 0 saturated heterocycles. The maximum Gasteiger partial charge on any atom is 0.150 e. The van der Waals surface area contributed by atoms with Crippen molar-refractivity contribution in [1.29, 1.82) is 0 Å². The molecule has 1 aliphatic heterocycles. The third-order valence-electron chi connectivity index (χ3n) is 6.32. The largest absolute Gasteiger partial charge is 0.454 e. The van der Waals surface area contributed by atoms with E-state index >= 15 is 0 Å². The zero-order valence-corrected chi connectivity index (χ0v) is 19.9. The molecular formula is C26H22OS2Si. The molecule has 5 aromatic rings. The number of hydrogen-bond donors (Lipinski definition) is 0. The highest BCUT2D eigenvalue weighted by molar-refractivity contribution is 7.22. The summed E-state index contributed by atoms with van der Waals surface area (Å²) in [4.78, 5) is 2.77. The molecule has 0 saturated carbocycles. The van der Waals surface area contributed by atoms with E-state index in [4.69, 9.17) is 4.74 Å². The molecule has 1 nitrogen and oxygen atoms in total. The van der Waals surface area contributed by atoms with Crippen LogP contribution in [0.15, 0.2) is 78.9 Å². The van der Waals surface area contributed by atoms with Crippen LogP contribution < -0.4 is 4.74 Å². The Morgan fingerprint density at radius 2 is 1.10 bits per heavy atom. The number of rotatable bonds is 2. The summed E-state index contributed by atoms with van der Waals surface area (Å²) in [5.74, 6) is 2.14. The summed E-state index contributed by atoms with van der Waals surface area (Å²) in [5.41, 5.74) is 1.40. The quantitative estimate of drug-likeness (QED) is 0.249. The zero-order chi connectivity index (χ0) is 20.5. The van der Waals surface area contributed by atoms with Gasteiger partial charge in [-0.3, -0.25) is 0 Å². The molecule has 0 bridgehead atoms. The van der Waals surface area contributed by atoms with E-state index in [-0.39, 0.29) is 5.04 Å². The van der Waals surface area contributed by atoms with Crippen molar-refractivity contribution in [3.63, 3.8) is 0 Å². The van der Waals surface area contributed by atoms with Gasteiger partial charge in [-0.1, -0.05) is 74.2 Å². The van der Waals surface area contributed by atoms with Crippen LogP contribution in [-0.4, -0.2) is 8.07 Å². The van der Waals surface area contributed by atoms with Crippen molar-refractivity contribution in [3.05, 3.63) is 94.2 Å². The van der Waals surface area contributed by atoms with Crippen LogP contribution in [0.3, 0.4) is 0 Å². The second-order valence-corrected chi connectivity index (χ2v) is 16.3. The summed E-state index contributed by atoms with van der Waals surface area (Å²) in [6.07, 6.45) is 0. The Morgan fingerprint density at radius 1 is 0.633 bits per heavy atom. The molecule has 3 aromatic carbocycles. The van der Waals surface area contributed by atoms with Gasteiger partial charge >= 0.3 is 0 Å². The Labute approximate surface area is 185 Å². The van der Waals surface area contributed by atoms with E-state index < -0.39 is 8.07 Å². The molecule has 4 heteroatoms. The lowest BCUT2D eigenvalue weighted by molar-refractivity contribution is 0.463. The smallest absolute Gasteiger partial charge is 0.150 e. The topological polar surface area (TPSA) is 9.23 Å². The summed E-state index contributed by atoms with van der Waals surface area (Å²) in [7, 11) is -1.83. The minimum Gasteiger partial charge on any atom is -0.454 e. The number of hydrogen-bond acceptors (Lipinski definition) is 3. The molecule has 0 spiro atoms.